The van der Waals surface area contributed by atoms with Crippen LogP contribution in [0.4, 0.5) is 5.95 Å². The summed E-state index contributed by atoms with van der Waals surface area (Å²) in [4.78, 5) is 9.53. The molecule has 0 amide bonds. The summed E-state index contributed by atoms with van der Waals surface area (Å²) in [6.07, 6.45) is 3.69. The number of hydrogen-bond acceptors (Lipinski definition) is 5. The van der Waals surface area contributed by atoms with Crippen LogP contribution in [0.3, 0.4) is 0 Å². The molecular formula is C22H21N3OS. The van der Waals surface area contributed by atoms with Crippen molar-refractivity contribution >= 4 is 27.4 Å². The molecule has 4 rings (SSSR count). The van der Waals surface area contributed by atoms with Crippen LogP contribution in [0.5, 0.6) is 5.75 Å². The summed E-state index contributed by atoms with van der Waals surface area (Å²) in [5.41, 5.74) is 10.5. The van der Waals surface area contributed by atoms with Crippen LogP contribution in [0.25, 0.3) is 20.7 Å². The zero-order valence-corrected chi connectivity index (χ0v) is 16.2. The number of benzene rings is 2. The predicted octanol–water partition coefficient (Wildman–Crippen LogP) is 5.04. The van der Waals surface area contributed by atoms with Gasteiger partial charge < -0.3 is 10.5 Å². The van der Waals surface area contributed by atoms with Gasteiger partial charge in [-0.15, -0.1) is 11.3 Å². The zero-order valence-electron chi connectivity index (χ0n) is 15.4. The van der Waals surface area contributed by atoms with Crippen molar-refractivity contribution in [1.29, 1.82) is 0 Å². The van der Waals surface area contributed by atoms with Crippen LogP contribution < -0.4 is 10.5 Å². The van der Waals surface area contributed by atoms with Gasteiger partial charge >= 0.3 is 0 Å². The van der Waals surface area contributed by atoms with Crippen LogP contribution >= 0.6 is 11.3 Å². The van der Waals surface area contributed by atoms with Gasteiger partial charge in [0.2, 0.25) is 5.95 Å². The van der Waals surface area contributed by atoms with Crippen LogP contribution in [0.2, 0.25) is 0 Å². The number of nitrogens with zero attached hydrogens (tertiary/aromatic N) is 2. The van der Waals surface area contributed by atoms with E-state index in [0.717, 1.165) is 29.2 Å². The van der Waals surface area contributed by atoms with Crippen LogP contribution in [0, 0.1) is 6.92 Å². The van der Waals surface area contributed by atoms with Crippen molar-refractivity contribution in [1.82, 2.24) is 9.97 Å². The Bertz CT molecular complexity index is 1100. The molecule has 4 aromatic rings. The average Bonchev–Trinajstić information content (AvgIpc) is 3.03. The summed E-state index contributed by atoms with van der Waals surface area (Å²) in [7, 11) is 1.70. The Morgan fingerprint density at radius 2 is 1.85 bits per heavy atom. The van der Waals surface area contributed by atoms with Crippen LogP contribution in [0.1, 0.15) is 16.7 Å². The maximum Gasteiger partial charge on any atom is 0.220 e. The summed E-state index contributed by atoms with van der Waals surface area (Å²) in [6, 6.07) is 16.9. The minimum atomic E-state index is 0.309. The van der Waals surface area contributed by atoms with Crippen molar-refractivity contribution in [2.24, 2.45) is 0 Å². The van der Waals surface area contributed by atoms with Gasteiger partial charge in [0.1, 0.15) is 5.75 Å². The average molecular weight is 375 g/mol. The van der Waals surface area contributed by atoms with Crippen molar-refractivity contribution in [3.63, 3.8) is 0 Å². The molecule has 0 unspecified atom stereocenters. The number of rotatable bonds is 5. The lowest BCUT2D eigenvalue weighted by atomic mass is 10.0. The summed E-state index contributed by atoms with van der Waals surface area (Å²) in [5.74, 6) is 1.22. The molecule has 2 aromatic heterocycles. The normalized spacial score (nSPS) is 11.0. The van der Waals surface area contributed by atoms with E-state index in [-0.39, 0.29) is 0 Å². The predicted molar refractivity (Wildman–Crippen MR) is 112 cm³/mol. The molecular weight excluding hydrogens is 354 g/mol. The lowest BCUT2D eigenvalue weighted by Crippen LogP contribution is -1.94. The lowest BCUT2D eigenvalue weighted by molar-refractivity contribution is 0.414. The highest BCUT2D eigenvalue weighted by molar-refractivity contribution is 7.22. The summed E-state index contributed by atoms with van der Waals surface area (Å²) in [5, 5.41) is 1.29. The van der Waals surface area contributed by atoms with Crippen LogP contribution in [-0.4, -0.2) is 17.1 Å². The molecule has 0 aliphatic heterocycles. The van der Waals surface area contributed by atoms with E-state index in [0.29, 0.717) is 5.95 Å². The fourth-order valence-electron chi connectivity index (χ4n) is 3.28. The van der Waals surface area contributed by atoms with Crippen LogP contribution in [-0.2, 0) is 12.8 Å². The maximum absolute atomic E-state index is 5.75. The highest BCUT2D eigenvalue weighted by Gasteiger charge is 2.12. The minimum absolute atomic E-state index is 0.309. The van der Waals surface area contributed by atoms with E-state index in [1.54, 1.807) is 24.6 Å². The molecule has 0 aliphatic rings. The number of fused-ring (bicyclic) bond motifs is 1. The third-order valence-corrected chi connectivity index (χ3v) is 6.04. The number of anilines is 1. The van der Waals surface area contributed by atoms with E-state index in [1.807, 2.05) is 18.2 Å². The van der Waals surface area contributed by atoms with Gasteiger partial charge in [-0.25, -0.2) is 9.97 Å². The lowest BCUT2D eigenvalue weighted by Gasteiger charge is -2.05. The van der Waals surface area contributed by atoms with E-state index >= 15 is 0 Å². The Balaban J connectivity index is 1.61. The molecule has 2 aromatic carbocycles. The molecule has 136 valence electrons. The second kappa shape index (κ2) is 7.37. The highest BCUT2D eigenvalue weighted by Crippen LogP contribution is 2.37. The molecule has 0 aliphatic carbocycles. The Kier molecular flexibility index (Phi) is 4.77. The Labute approximate surface area is 162 Å². The third-order valence-electron chi connectivity index (χ3n) is 4.74. The highest BCUT2D eigenvalue weighted by atomic mass is 32.1. The van der Waals surface area contributed by atoms with E-state index < -0.39 is 0 Å². The van der Waals surface area contributed by atoms with Crippen molar-refractivity contribution in [3.8, 4) is 16.3 Å². The first-order valence-electron chi connectivity index (χ1n) is 8.88. The Hall–Kier alpha value is -2.92. The van der Waals surface area contributed by atoms with Gasteiger partial charge in [-0.1, -0.05) is 24.3 Å². The molecule has 0 radical (unpaired) electrons. The monoisotopic (exact) mass is 375 g/mol. The number of ether oxygens (including phenoxy) is 1. The summed E-state index contributed by atoms with van der Waals surface area (Å²) in [6.45, 7) is 2.15. The first-order chi connectivity index (χ1) is 13.1. The molecule has 0 saturated heterocycles. The fraction of sp³-hybridized carbons (Fsp3) is 0.182. The first kappa shape index (κ1) is 17.5. The number of hydrogen-bond donors (Lipinski definition) is 1. The van der Waals surface area contributed by atoms with E-state index in [1.165, 1.54) is 26.8 Å². The van der Waals surface area contributed by atoms with E-state index in [4.69, 9.17) is 10.5 Å². The largest absolute Gasteiger partial charge is 0.497 e. The molecule has 27 heavy (non-hydrogen) atoms. The van der Waals surface area contributed by atoms with Crippen molar-refractivity contribution in [3.05, 3.63) is 71.4 Å². The molecule has 4 nitrogen and oxygen atoms in total. The SMILES string of the molecule is COc1cccc(CCc2ccc3sc(-c4ccnc(N)n4)c(C)c3c2)c1. The molecule has 0 fully saturated rings. The maximum atomic E-state index is 5.75. The number of aryl methyl sites for hydroxylation is 3. The van der Waals surface area contributed by atoms with Gasteiger partial charge in [0, 0.05) is 10.9 Å². The topological polar surface area (TPSA) is 61.0 Å². The Morgan fingerprint density at radius 3 is 2.63 bits per heavy atom. The van der Waals surface area contributed by atoms with Gasteiger partial charge in [0.05, 0.1) is 17.7 Å². The van der Waals surface area contributed by atoms with Crippen molar-refractivity contribution < 1.29 is 4.74 Å². The minimum Gasteiger partial charge on any atom is -0.497 e. The number of nitrogens with two attached hydrogens (primary N) is 1. The summed E-state index contributed by atoms with van der Waals surface area (Å²) >= 11 is 1.75. The molecule has 0 spiro atoms. The number of nitrogen functional groups attached to an aromatic ring is 1. The smallest absolute Gasteiger partial charge is 0.220 e. The van der Waals surface area contributed by atoms with Crippen LogP contribution in [0.15, 0.2) is 54.7 Å². The van der Waals surface area contributed by atoms with Gasteiger partial charge in [-0.2, -0.15) is 0 Å². The number of methoxy groups -OCH3 is 1. The standard InChI is InChI=1S/C22H21N3OS/c1-14-18-13-16(7-6-15-4-3-5-17(12-15)26-2)8-9-20(18)27-21(14)19-10-11-24-22(23)25-19/h3-5,8-13H,6-7H2,1-2H3,(H2,23,24,25). The molecule has 0 atom stereocenters. The van der Waals surface area contributed by atoms with Gasteiger partial charge in [-0.05, 0) is 66.1 Å². The molecule has 0 saturated carbocycles. The number of thiophene rings is 1. The van der Waals surface area contributed by atoms with Gasteiger partial charge in [0.15, 0.2) is 0 Å². The zero-order chi connectivity index (χ0) is 18.8. The molecule has 2 N–H and O–H groups in total. The molecule has 5 heteroatoms. The van der Waals surface area contributed by atoms with E-state index in [9.17, 15) is 0 Å². The van der Waals surface area contributed by atoms with Crippen molar-refractivity contribution in [2.45, 2.75) is 19.8 Å². The van der Waals surface area contributed by atoms with Gasteiger partial charge in [0.25, 0.3) is 0 Å². The second-order valence-corrected chi connectivity index (χ2v) is 7.59. The summed E-state index contributed by atoms with van der Waals surface area (Å²) < 4.78 is 6.58. The fourth-order valence-corrected chi connectivity index (χ4v) is 4.44. The van der Waals surface area contributed by atoms with E-state index in [2.05, 4.69) is 47.2 Å². The quantitative estimate of drug-likeness (QED) is 0.531. The molecule has 0 bridgehead atoms. The Morgan fingerprint density at radius 1 is 1.04 bits per heavy atom. The molecule has 2 heterocycles. The third kappa shape index (κ3) is 3.64. The second-order valence-electron chi connectivity index (χ2n) is 6.54. The number of aromatic nitrogens is 2. The first-order valence-corrected chi connectivity index (χ1v) is 9.69. The van der Waals surface area contributed by atoms with Crippen molar-refractivity contribution in [2.75, 3.05) is 12.8 Å². The van der Waals surface area contributed by atoms with Gasteiger partial charge in [-0.3, -0.25) is 0 Å².